The fourth-order valence-corrected chi connectivity index (χ4v) is 2.03. The normalized spacial score (nSPS) is 17.5. The number of nitriles is 1. The molecule has 0 aliphatic heterocycles. The Bertz CT molecular complexity index is 315. The minimum atomic E-state index is 0.687. The molecule has 1 saturated carbocycles. The van der Waals surface area contributed by atoms with Crippen LogP contribution in [0.25, 0.3) is 0 Å². The summed E-state index contributed by atoms with van der Waals surface area (Å²) >= 11 is 0. The number of aromatic nitrogens is 2. The van der Waals surface area contributed by atoms with Gasteiger partial charge in [-0.15, -0.1) is 0 Å². The molecule has 0 saturated heterocycles. The Balaban J connectivity index is 2.04. The van der Waals surface area contributed by atoms with E-state index in [9.17, 15) is 0 Å². The molecule has 3 nitrogen and oxygen atoms in total. The Morgan fingerprint density at radius 3 is 3.00 bits per heavy atom. The zero-order valence-corrected chi connectivity index (χ0v) is 7.61. The highest BCUT2D eigenvalue weighted by Gasteiger charge is 2.16. The van der Waals surface area contributed by atoms with Crippen LogP contribution in [0.4, 0.5) is 0 Å². The maximum atomic E-state index is 8.77. The predicted octanol–water partition coefficient (Wildman–Crippen LogP) is 1.94. The predicted molar refractivity (Wildman–Crippen MR) is 48.9 cm³/mol. The summed E-state index contributed by atoms with van der Waals surface area (Å²) in [5.41, 5.74) is 0.687. The first-order chi connectivity index (χ1) is 6.40. The molecule has 2 rings (SSSR count). The van der Waals surface area contributed by atoms with Crippen LogP contribution < -0.4 is 0 Å². The highest BCUT2D eigenvalue weighted by Crippen LogP contribution is 2.26. The number of hydrogen-bond donors (Lipinski definition) is 0. The molecule has 68 valence electrons. The fourth-order valence-electron chi connectivity index (χ4n) is 2.03. The lowest BCUT2D eigenvalue weighted by atomic mass is 10.1. The first-order valence-corrected chi connectivity index (χ1v) is 4.80. The number of rotatable bonds is 2. The van der Waals surface area contributed by atoms with Gasteiger partial charge in [0.25, 0.3) is 0 Å². The van der Waals surface area contributed by atoms with Crippen LogP contribution in [0, 0.1) is 17.2 Å². The Kier molecular flexibility index (Phi) is 2.31. The molecule has 0 amide bonds. The van der Waals surface area contributed by atoms with Crippen molar-refractivity contribution in [2.45, 2.75) is 32.2 Å². The maximum absolute atomic E-state index is 8.77. The molecule has 1 aromatic heterocycles. The first kappa shape index (κ1) is 8.31. The lowest BCUT2D eigenvalue weighted by Gasteiger charge is -2.09. The van der Waals surface area contributed by atoms with Crippen LogP contribution in [0.15, 0.2) is 12.5 Å². The molecule has 3 heteroatoms. The van der Waals surface area contributed by atoms with Crippen LogP contribution in [0.2, 0.25) is 0 Å². The molecule has 0 radical (unpaired) electrons. The molecule has 0 atom stereocenters. The summed E-state index contributed by atoms with van der Waals surface area (Å²) < 4.78 is 1.97. The molecule has 0 N–H and O–H groups in total. The highest BCUT2D eigenvalue weighted by molar-refractivity contribution is 5.17. The number of imidazole rings is 1. The van der Waals surface area contributed by atoms with Gasteiger partial charge in [0.15, 0.2) is 0 Å². The molecule has 1 aliphatic rings. The minimum Gasteiger partial charge on any atom is -0.322 e. The van der Waals surface area contributed by atoms with Crippen molar-refractivity contribution in [2.24, 2.45) is 5.92 Å². The van der Waals surface area contributed by atoms with Gasteiger partial charge in [-0.3, -0.25) is 0 Å². The summed E-state index contributed by atoms with van der Waals surface area (Å²) in [4.78, 5) is 3.98. The smallest absolute Gasteiger partial charge is 0.139 e. The maximum Gasteiger partial charge on any atom is 0.139 e. The number of nitrogens with zero attached hydrogens (tertiary/aromatic N) is 3. The van der Waals surface area contributed by atoms with Gasteiger partial charge in [0.1, 0.15) is 11.8 Å². The second-order valence-electron chi connectivity index (χ2n) is 3.69. The van der Waals surface area contributed by atoms with E-state index in [1.165, 1.54) is 25.7 Å². The van der Waals surface area contributed by atoms with Crippen molar-refractivity contribution in [3.05, 3.63) is 18.2 Å². The van der Waals surface area contributed by atoms with E-state index >= 15 is 0 Å². The summed E-state index contributed by atoms with van der Waals surface area (Å²) in [6.07, 6.45) is 8.71. The summed E-state index contributed by atoms with van der Waals surface area (Å²) in [6, 6.07) is 2.15. The van der Waals surface area contributed by atoms with Gasteiger partial charge in [0.05, 0.1) is 12.5 Å². The van der Waals surface area contributed by atoms with E-state index in [-0.39, 0.29) is 0 Å². The van der Waals surface area contributed by atoms with Crippen LogP contribution in [-0.4, -0.2) is 9.55 Å². The van der Waals surface area contributed by atoms with Gasteiger partial charge >= 0.3 is 0 Å². The highest BCUT2D eigenvalue weighted by atomic mass is 15.0. The SMILES string of the molecule is N#Cc1cncn1CC1CCCC1. The third-order valence-electron chi connectivity index (χ3n) is 2.76. The molecule has 0 bridgehead atoms. The van der Waals surface area contributed by atoms with Gasteiger partial charge in [0.2, 0.25) is 0 Å². The molecule has 0 spiro atoms. The van der Waals surface area contributed by atoms with E-state index in [1.807, 2.05) is 4.57 Å². The van der Waals surface area contributed by atoms with E-state index in [1.54, 1.807) is 12.5 Å². The Labute approximate surface area is 78.0 Å². The molecule has 0 aromatic carbocycles. The van der Waals surface area contributed by atoms with Crippen molar-refractivity contribution < 1.29 is 0 Å². The standard InChI is InChI=1S/C10H13N3/c11-5-10-6-12-8-13(10)7-9-3-1-2-4-9/h6,8-9H,1-4,7H2. The Morgan fingerprint density at radius 1 is 1.54 bits per heavy atom. The Hall–Kier alpha value is -1.30. The third-order valence-corrected chi connectivity index (χ3v) is 2.76. The van der Waals surface area contributed by atoms with Gasteiger partial charge in [-0.1, -0.05) is 12.8 Å². The number of hydrogen-bond acceptors (Lipinski definition) is 2. The summed E-state index contributed by atoms with van der Waals surface area (Å²) in [5, 5.41) is 8.77. The second kappa shape index (κ2) is 3.61. The summed E-state index contributed by atoms with van der Waals surface area (Å²) in [7, 11) is 0. The molecule has 1 fully saturated rings. The zero-order chi connectivity index (χ0) is 9.10. The van der Waals surface area contributed by atoms with E-state index in [0.717, 1.165) is 12.5 Å². The largest absolute Gasteiger partial charge is 0.322 e. The van der Waals surface area contributed by atoms with Crippen LogP contribution in [0.1, 0.15) is 31.4 Å². The molecular weight excluding hydrogens is 162 g/mol. The van der Waals surface area contributed by atoms with Gasteiger partial charge < -0.3 is 4.57 Å². The monoisotopic (exact) mass is 175 g/mol. The van der Waals surface area contributed by atoms with Crippen molar-refractivity contribution in [3.8, 4) is 6.07 Å². The fraction of sp³-hybridized carbons (Fsp3) is 0.600. The molecular formula is C10H13N3. The van der Waals surface area contributed by atoms with Crippen LogP contribution in [0.5, 0.6) is 0 Å². The minimum absolute atomic E-state index is 0.687. The van der Waals surface area contributed by atoms with Crippen LogP contribution >= 0.6 is 0 Å². The second-order valence-corrected chi connectivity index (χ2v) is 3.69. The van der Waals surface area contributed by atoms with Gasteiger partial charge in [-0.25, -0.2) is 4.98 Å². The quantitative estimate of drug-likeness (QED) is 0.689. The topological polar surface area (TPSA) is 41.6 Å². The molecule has 1 heterocycles. The van der Waals surface area contributed by atoms with Crippen molar-refractivity contribution in [1.82, 2.24) is 9.55 Å². The van der Waals surface area contributed by atoms with Gasteiger partial charge in [0, 0.05) is 6.54 Å². The molecule has 1 aromatic rings. The van der Waals surface area contributed by atoms with Crippen LogP contribution in [-0.2, 0) is 6.54 Å². The lowest BCUT2D eigenvalue weighted by molar-refractivity contribution is 0.455. The van der Waals surface area contributed by atoms with Crippen molar-refractivity contribution in [3.63, 3.8) is 0 Å². The van der Waals surface area contributed by atoms with Crippen LogP contribution in [0.3, 0.4) is 0 Å². The first-order valence-electron chi connectivity index (χ1n) is 4.80. The van der Waals surface area contributed by atoms with Crippen molar-refractivity contribution in [2.75, 3.05) is 0 Å². The Morgan fingerprint density at radius 2 is 2.31 bits per heavy atom. The average Bonchev–Trinajstić information content (AvgIpc) is 2.76. The average molecular weight is 175 g/mol. The van der Waals surface area contributed by atoms with E-state index in [2.05, 4.69) is 11.1 Å². The van der Waals surface area contributed by atoms with E-state index < -0.39 is 0 Å². The van der Waals surface area contributed by atoms with Gasteiger partial charge in [-0.05, 0) is 18.8 Å². The molecule has 13 heavy (non-hydrogen) atoms. The lowest BCUT2D eigenvalue weighted by Crippen LogP contribution is -2.07. The zero-order valence-electron chi connectivity index (χ0n) is 7.61. The van der Waals surface area contributed by atoms with Crippen molar-refractivity contribution >= 4 is 0 Å². The van der Waals surface area contributed by atoms with E-state index in [4.69, 9.17) is 5.26 Å². The summed E-state index contributed by atoms with van der Waals surface area (Å²) in [5.74, 6) is 0.765. The molecule has 1 aliphatic carbocycles. The van der Waals surface area contributed by atoms with Gasteiger partial charge in [-0.2, -0.15) is 5.26 Å². The molecule has 0 unspecified atom stereocenters. The third kappa shape index (κ3) is 1.72. The van der Waals surface area contributed by atoms with E-state index in [0.29, 0.717) is 5.69 Å². The summed E-state index contributed by atoms with van der Waals surface area (Å²) in [6.45, 7) is 0.975. The van der Waals surface area contributed by atoms with Crippen molar-refractivity contribution in [1.29, 1.82) is 5.26 Å².